The molecule has 0 bridgehead atoms. The van der Waals surface area contributed by atoms with Gasteiger partial charge in [-0.3, -0.25) is 4.79 Å². The third-order valence-corrected chi connectivity index (χ3v) is 5.12. The lowest BCUT2D eigenvalue weighted by Crippen LogP contribution is -2.17. The Labute approximate surface area is 193 Å². The predicted octanol–water partition coefficient (Wildman–Crippen LogP) is 5.97. The second-order valence-corrected chi connectivity index (χ2v) is 7.56. The van der Waals surface area contributed by atoms with Gasteiger partial charge in [-0.05, 0) is 53.1 Å². The van der Waals surface area contributed by atoms with Crippen molar-refractivity contribution in [1.82, 2.24) is 0 Å². The minimum absolute atomic E-state index is 0.0688. The first kappa shape index (κ1) is 22.2. The van der Waals surface area contributed by atoms with Crippen LogP contribution >= 0.6 is 0 Å². The Bertz CT molecular complexity index is 1190. The molecule has 0 saturated carbocycles. The molecule has 5 nitrogen and oxygen atoms in total. The van der Waals surface area contributed by atoms with Gasteiger partial charge in [-0.1, -0.05) is 66.7 Å². The highest BCUT2D eigenvalue weighted by atomic mass is 16.5. The Morgan fingerprint density at radius 1 is 0.758 bits per heavy atom. The van der Waals surface area contributed by atoms with Crippen LogP contribution in [0.1, 0.15) is 18.1 Å². The molecule has 0 atom stereocenters. The van der Waals surface area contributed by atoms with Crippen LogP contribution in [-0.2, 0) is 22.7 Å². The number of nitrogens with one attached hydrogen (secondary N) is 1. The smallest absolute Gasteiger partial charge is 0.325 e. The number of hydrogen-bond acceptors (Lipinski definition) is 5. The van der Waals surface area contributed by atoms with E-state index >= 15 is 0 Å². The van der Waals surface area contributed by atoms with Crippen molar-refractivity contribution < 1.29 is 19.0 Å². The molecule has 0 aliphatic heterocycles. The van der Waals surface area contributed by atoms with Crippen LogP contribution in [-0.4, -0.2) is 19.1 Å². The minimum atomic E-state index is -0.309. The van der Waals surface area contributed by atoms with Crippen molar-refractivity contribution in [2.75, 3.05) is 18.5 Å². The predicted molar refractivity (Wildman–Crippen MR) is 131 cm³/mol. The third kappa shape index (κ3) is 6.26. The first-order chi connectivity index (χ1) is 16.2. The van der Waals surface area contributed by atoms with Crippen LogP contribution in [0.2, 0.25) is 0 Å². The van der Waals surface area contributed by atoms with Gasteiger partial charge in [-0.2, -0.15) is 0 Å². The number of ether oxygens (including phenoxy) is 3. The molecule has 5 heteroatoms. The summed E-state index contributed by atoms with van der Waals surface area (Å²) in [5.41, 5.74) is 2.92. The van der Waals surface area contributed by atoms with Crippen LogP contribution < -0.4 is 14.8 Å². The van der Waals surface area contributed by atoms with Crippen LogP contribution in [0.15, 0.2) is 91.0 Å². The van der Waals surface area contributed by atoms with E-state index in [1.54, 1.807) is 6.92 Å². The molecule has 0 saturated heterocycles. The molecular weight excluding hydrogens is 414 g/mol. The van der Waals surface area contributed by atoms with E-state index in [9.17, 15) is 4.79 Å². The average Bonchev–Trinajstić information content (AvgIpc) is 2.86. The number of carbonyl (C=O) groups excluding carboxylic acids is 1. The summed E-state index contributed by atoms with van der Waals surface area (Å²) in [4.78, 5) is 11.9. The van der Waals surface area contributed by atoms with Gasteiger partial charge in [0.25, 0.3) is 0 Å². The highest BCUT2D eigenvalue weighted by Gasteiger charge is 2.10. The first-order valence-electron chi connectivity index (χ1n) is 11.0. The normalized spacial score (nSPS) is 10.6. The van der Waals surface area contributed by atoms with Crippen LogP contribution in [0.5, 0.6) is 11.5 Å². The highest BCUT2D eigenvalue weighted by Crippen LogP contribution is 2.33. The molecule has 0 radical (unpaired) electrons. The lowest BCUT2D eigenvalue weighted by atomic mass is 10.1. The van der Waals surface area contributed by atoms with Crippen molar-refractivity contribution >= 4 is 22.4 Å². The molecule has 168 valence electrons. The quantitative estimate of drug-likeness (QED) is 0.307. The lowest BCUT2D eigenvalue weighted by Gasteiger charge is -2.15. The zero-order valence-electron chi connectivity index (χ0n) is 18.6. The molecule has 4 aromatic carbocycles. The maximum Gasteiger partial charge on any atom is 0.325 e. The van der Waals surface area contributed by atoms with Gasteiger partial charge in [0.2, 0.25) is 0 Å². The van der Waals surface area contributed by atoms with E-state index < -0.39 is 0 Å². The number of anilines is 1. The summed E-state index contributed by atoms with van der Waals surface area (Å²) >= 11 is 0. The maximum atomic E-state index is 11.9. The zero-order chi connectivity index (χ0) is 22.9. The van der Waals surface area contributed by atoms with Crippen molar-refractivity contribution in [3.05, 3.63) is 102 Å². The van der Waals surface area contributed by atoms with E-state index in [0.717, 1.165) is 33.3 Å². The summed E-state index contributed by atoms with van der Waals surface area (Å²) in [6.07, 6.45) is 0. The van der Waals surface area contributed by atoms with Gasteiger partial charge in [0.05, 0.1) is 12.3 Å². The second kappa shape index (κ2) is 11.0. The molecule has 0 spiro atoms. The van der Waals surface area contributed by atoms with Gasteiger partial charge in [-0.15, -0.1) is 0 Å². The summed E-state index contributed by atoms with van der Waals surface area (Å²) in [7, 11) is 0. The Kier molecular flexibility index (Phi) is 7.44. The van der Waals surface area contributed by atoms with Gasteiger partial charge in [0.1, 0.15) is 31.3 Å². The van der Waals surface area contributed by atoms with Crippen LogP contribution in [0.3, 0.4) is 0 Å². The van der Waals surface area contributed by atoms with E-state index in [1.165, 1.54) is 0 Å². The topological polar surface area (TPSA) is 56.8 Å². The fraction of sp³-hybridized carbons (Fsp3) is 0.179. The summed E-state index contributed by atoms with van der Waals surface area (Å²) in [6.45, 7) is 3.13. The molecule has 0 aliphatic rings. The van der Waals surface area contributed by atoms with Gasteiger partial charge in [0.15, 0.2) is 0 Å². The fourth-order valence-corrected chi connectivity index (χ4v) is 3.46. The summed E-state index contributed by atoms with van der Waals surface area (Å²) in [6, 6.07) is 30.0. The number of hydrogen-bond donors (Lipinski definition) is 1. The Hall–Kier alpha value is -3.99. The molecule has 0 aromatic heterocycles. The molecule has 1 N–H and O–H groups in total. The average molecular weight is 442 g/mol. The second-order valence-electron chi connectivity index (χ2n) is 7.56. The summed E-state index contributed by atoms with van der Waals surface area (Å²) in [5.74, 6) is 1.14. The first-order valence-corrected chi connectivity index (χ1v) is 11.0. The molecule has 0 heterocycles. The minimum Gasteiger partial charge on any atom is -0.489 e. The van der Waals surface area contributed by atoms with Gasteiger partial charge in [0, 0.05) is 0 Å². The molecule has 0 unspecified atom stereocenters. The van der Waals surface area contributed by atoms with E-state index in [-0.39, 0.29) is 12.5 Å². The molecule has 0 amide bonds. The molecule has 0 fully saturated rings. The van der Waals surface area contributed by atoms with Crippen molar-refractivity contribution in [3.63, 3.8) is 0 Å². The van der Waals surface area contributed by atoms with E-state index in [4.69, 9.17) is 14.2 Å². The van der Waals surface area contributed by atoms with Gasteiger partial charge >= 0.3 is 5.97 Å². The number of carbonyl (C=O) groups is 1. The molecule has 4 aromatic rings. The van der Waals surface area contributed by atoms with Crippen LogP contribution in [0.25, 0.3) is 10.8 Å². The highest BCUT2D eigenvalue weighted by molar-refractivity contribution is 5.90. The number of esters is 1. The van der Waals surface area contributed by atoms with E-state index in [0.29, 0.717) is 25.6 Å². The number of rotatable bonds is 10. The van der Waals surface area contributed by atoms with Gasteiger partial charge < -0.3 is 19.5 Å². The standard InChI is InChI=1S/C28H27NO4/c1-2-31-28(30)18-29-26-16-23-13-14-25(32-19-21-9-5-3-6-10-21)15-24(23)17-27(26)33-20-22-11-7-4-8-12-22/h3-17,29H,2,18-20H2,1H3. The number of benzene rings is 4. The van der Waals surface area contributed by atoms with E-state index in [1.807, 2.05) is 91.0 Å². The Balaban J connectivity index is 1.56. The Morgan fingerprint density at radius 3 is 2.09 bits per heavy atom. The van der Waals surface area contributed by atoms with Crippen LogP contribution in [0.4, 0.5) is 5.69 Å². The summed E-state index contributed by atoms with van der Waals surface area (Å²) < 4.78 is 17.2. The molecule has 0 aliphatic carbocycles. The van der Waals surface area contributed by atoms with Crippen molar-refractivity contribution in [2.24, 2.45) is 0 Å². The van der Waals surface area contributed by atoms with Crippen molar-refractivity contribution in [1.29, 1.82) is 0 Å². The molecular formula is C28H27NO4. The zero-order valence-corrected chi connectivity index (χ0v) is 18.6. The Morgan fingerprint density at radius 2 is 1.42 bits per heavy atom. The number of fused-ring (bicyclic) bond motifs is 1. The van der Waals surface area contributed by atoms with Crippen molar-refractivity contribution in [3.8, 4) is 11.5 Å². The van der Waals surface area contributed by atoms with Crippen molar-refractivity contribution in [2.45, 2.75) is 20.1 Å². The molecule has 4 rings (SSSR count). The monoisotopic (exact) mass is 441 g/mol. The SMILES string of the molecule is CCOC(=O)CNc1cc2ccc(OCc3ccccc3)cc2cc1OCc1ccccc1. The largest absolute Gasteiger partial charge is 0.489 e. The van der Waals surface area contributed by atoms with Gasteiger partial charge in [-0.25, -0.2) is 0 Å². The fourth-order valence-electron chi connectivity index (χ4n) is 3.46. The lowest BCUT2D eigenvalue weighted by molar-refractivity contribution is -0.140. The maximum absolute atomic E-state index is 11.9. The molecule has 33 heavy (non-hydrogen) atoms. The van der Waals surface area contributed by atoms with E-state index in [2.05, 4.69) is 5.32 Å². The third-order valence-electron chi connectivity index (χ3n) is 5.12. The summed E-state index contributed by atoms with van der Waals surface area (Å²) in [5, 5.41) is 5.16. The van der Waals surface area contributed by atoms with Crippen LogP contribution in [0, 0.1) is 0 Å².